The molecule has 0 N–H and O–H groups in total. The zero-order valence-corrected chi connectivity index (χ0v) is 43.4. The van der Waals surface area contributed by atoms with E-state index in [1.807, 2.05) is 48.9 Å². The zero-order valence-electron chi connectivity index (χ0n) is 41.0. The summed E-state index contributed by atoms with van der Waals surface area (Å²) in [5.74, 6) is 0. The molecule has 0 radical (unpaired) electrons. The van der Waals surface area contributed by atoms with Crippen LogP contribution < -0.4 is 11.3 Å². The Morgan fingerprint density at radius 3 is 1.49 bits per heavy atom. The molecule has 7 heterocycles. The fraction of sp³-hybridized carbons (Fsp3) is 0.0597. The summed E-state index contributed by atoms with van der Waals surface area (Å²) in [7, 11) is 0. The molecule has 0 unspecified atom stereocenters. The first-order valence-electron chi connectivity index (χ1n) is 25.2. The number of hydrogen-bond donors (Lipinski definition) is 0. The predicted octanol–water partition coefficient (Wildman–Crippen LogP) is 14.3. The summed E-state index contributed by atoms with van der Waals surface area (Å²) < 4.78 is 11.1. The minimum absolute atomic E-state index is 0. The van der Waals surface area contributed by atoms with Gasteiger partial charge in [0.05, 0.1) is 0 Å². The van der Waals surface area contributed by atoms with Gasteiger partial charge in [0.1, 0.15) is 11.4 Å². The molecule has 9 nitrogen and oxygen atoms in total. The van der Waals surface area contributed by atoms with Crippen molar-refractivity contribution in [2.45, 2.75) is 25.7 Å². The Labute approximate surface area is 454 Å². The van der Waals surface area contributed by atoms with Gasteiger partial charge in [-0.25, -0.2) is 9.59 Å². The maximum atomic E-state index is 13.2. The molecule has 10 heteroatoms. The summed E-state index contributed by atoms with van der Waals surface area (Å²) in [5, 5.41) is 9.20. The summed E-state index contributed by atoms with van der Waals surface area (Å²) in [5.41, 5.74) is 12.5. The zero-order chi connectivity index (χ0) is 50.7. The van der Waals surface area contributed by atoms with Crippen LogP contribution in [0.5, 0.6) is 0 Å². The van der Waals surface area contributed by atoms with Crippen molar-refractivity contribution in [3.05, 3.63) is 256 Å². The Bertz CT molecular complexity index is 4600. The molecule has 0 saturated carbocycles. The molecular weight excluding hydrogens is 1130 g/mol. The molecule has 0 spiro atoms. The Morgan fingerprint density at radius 1 is 0.377 bits per heavy atom. The molecule has 0 bridgehead atoms. The normalized spacial score (nSPS) is 11.6. The molecule has 14 rings (SSSR count). The maximum absolute atomic E-state index is 13.2. The summed E-state index contributed by atoms with van der Waals surface area (Å²) in [6.45, 7) is 0. The predicted molar refractivity (Wildman–Crippen MR) is 301 cm³/mol. The molecule has 7 aromatic carbocycles. The number of rotatable bonds is 10. The Hall–Kier alpha value is -9.34. The standard InChI is InChI=1S/C67H40N5O4.Ir/c73-66-58-33-42(37-71-62(58)54-20-10-28-68-64(54)75-66)24-22-40-30-41(23-25-43-34-59-63(72-38-43)55-21-11-29-69-65(55)76-67(59)74)32-46(31-40)47-14-4-5-15-48(47)60-39-70-61(44-12-2-1-3-13-44)36-56(60)45-26-27-53-51-18-7-6-16-49(51)50-17-8-9-19-52(50)57(53)35-45;/h1-12,14-19,26-39H,22-25H2;/q-3;+3. The van der Waals surface area contributed by atoms with Gasteiger partial charge >= 0.3 is 31.4 Å². The first kappa shape index (κ1) is 47.4. The van der Waals surface area contributed by atoms with Crippen LogP contribution in [0.2, 0.25) is 0 Å². The Balaban J connectivity index is 0.00000566. The van der Waals surface area contributed by atoms with Gasteiger partial charge in [0, 0.05) is 46.0 Å². The molecule has 14 aromatic rings. The molecule has 366 valence electrons. The van der Waals surface area contributed by atoms with E-state index < -0.39 is 11.3 Å². The van der Waals surface area contributed by atoms with Crippen molar-refractivity contribution >= 4 is 76.3 Å². The summed E-state index contributed by atoms with van der Waals surface area (Å²) in [6.07, 6.45) is 11.3. The molecule has 0 amide bonds. The maximum Gasteiger partial charge on any atom is 3.00 e. The van der Waals surface area contributed by atoms with E-state index in [9.17, 15) is 9.59 Å². The molecule has 0 aliphatic rings. The molecule has 0 aliphatic carbocycles. The minimum Gasteiger partial charge on any atom is -0.453 e. The van der Waals surface area contributed by atoms with Crippen LogP contribution in [0.4, 0.5) is 0 Å². The number of nitrogens with zero attached hydrogens (tertiary/aromatic N) is 5. The third-order valence-electron chi connectivity index (χ3n) is 14.5. The van der Waals surface area contributed by atoms with Crippen LogP contribution in [-0.2, 0) is 45.8 Å². The molecule has 0 atom stereocenters. The molecule has 77 heavy (non-hydrogen) atoms. The van der Waals surface area contributed by atoms with Gasteiger partial charge in [-0.1, -0.05) is 144 Å². The first-order valence-corrected chi connectivity index (χ1v) is 25.2. The van der Waals surface area contributed by atoms with Gasteiger partial charge in [0.25, 0.3) is 0 Å². The number of fused-ring (bicyclic) bond motifs is 12. The van der Waals surface area contributed by atoms with E-state index in [-0.39, 0.29) is 31.5 Å². The largest absolute Gasteiger partial charge is 3.00 e. The molecule has 0 saturated heterocycles. The number of pyridine rings is 5. The van der Waals surface area contributed by atoms with Gasteiger partial charge in [0.2, 0.25) is 0 Å². The second kappa shape index (κ2) is 19.7. The summed E-state index contributed by atoms with van der Waals surface area (Å²) >= 11 is 0. The average molecular weight is 1170 g/mol. The quantitative estimate of drug-likeness (QED) is 0.0972. The Kier molecular flexibility index (Phi) is 12.1. The van der Waals surface area contributed by atoms with Gasteiger partial charge in [0.15, 0.2) is 0 Å². The number of benzene rings is 7. The van der Waals surface area contributed by atoms with Crippen LogP contribution in [0.25, 0.3) is 121 Å². The van der Waals surface area contributed by atoms with Gasteiger partial charge in [-0.15, -0.1) is 60.2 Å². The van der Waals surface area contributed by atoms with Crippen molar-refractivity contribution in [3.8, 4) is 44.6 Å². The van der Waals surface area contributed by atoms with E-state index in [1.54, 1.807) is 24.5 Å². The molecular formula is C67H40IrN5O4. The van der Waals surface area contributed by atoms with Crippen LogP contribution in [0.15, 0.2) is 213 Å². The molecule has 7 aromatic heterocycles. The van der Waals surface area contributed by atoms with Crippen molar-refractivity contribution in [1.82, 2.24) is 24.9 Å². The fourth-order valence-corrected chi connectivity index (χ4v) is 10.9. The van der Waals surface area contributed by atoms with Crippen molar-refractivity contribution in [2.24, 2.45) is 0 Å². The number of aromatic nitrogens is 5. The Morgan fingerprint density at radius 2 is 0.909 bits per heavy atom. The minimum atomic E-state index is -0.483. The average Bonchev–Trinajstić information content (AvgIpc) is 3.55. The van der Waals surface area contributed by atoms with Crippen molar-refractivity contribution in [3.63, 3.8) is 0 Å². The SMILES string of the molecule is O=c1oc2ncc[c-]c2c2ncc(CCc3cc(CCc4cnc5c(c4)c(=O)oc4ncc[c-]c45)cc(-c4ccccc4-c4cnc(-c5[c-]cccc5)cc4-c4ccc5c6ccccc6c6ccccc6c5c4)c3)cc12.[Ir+3]. The van der Waals surface area contributed by atoms with E-state index >= 15 is 0 Å². The van der Waals surface area contributed by atoms with Crippen LogP contribution in [0.3, 0.4) is 0 Å². The first-order chi connectivity index (χ1) is 37.5. The third kappa shape index (κ3) is 8.63. The second-order valence-electron chi connectivity index (χ2n) is 19.1. The van der Waals surface area contributed by atoms with Crippen molar-refractivity contribution in [1.29, 1.82) is 0 Å². The summed E-state index contributed by atoms with van der Waals surface area (Å²) in [6, 6.07) is 66.5. The number of hydrogen-bond acceptors (Lipinski definition) is 9. The van der Waals surface area contributed by atoms with Crippen molar-refractivity contribution < 1.29 is 28.9 Å². The summed E-state index contributed by atoms with van der Waals surface area (Å²) in [4.78, 5) is 49.5. The monoisotopic (exact) mass is 1170 g/mol. The topological polar surface area (TPSA) is 125 Å². The van der Waals surface area contributed by atoms with Gasteiger partial charge < -0.3 is 33.8 Å². The van der Waals surface area contributed by atoms with Crippen LogP contribution in [-0.4, -0.2) is 24.9 Å². The van der Waals surface area contributed by atoms with E-state index in [0.29, 0.717) is 58.3 Å². The molecule has 0 fully saturated rings. The van der Waals surface area contributed by atoms with E-state index in [2.05, 4.69) is 149 Å². The molecule has 0 aliphatic heterocycles. The van der Waals surface area contributed by atoms with E-state index in [4.69, 9.17) is 23.8 Å². The second-order valence-corrected chi connectivity index (χ2v) is 19.1. The smallest absolute Gasteiger partial charge is 0.453 e. The van der Waals surface area contributed by atoms with Gasteiger partial charge in [-0.3, -0.25) is 0 Å². The van der Waals surface area contributed by atoms with E-state index in [1.165, 1.54) is 32.3 Å². The van der Waals surface area contributed by atoms with Crippen LogP contribution in [0.1, 0.15) is 22.3 Å². The number of aryl methyl sites for hydroxylation is 4. The van der Waals surface area contributed by atoms with Gasteiger partial charge in [-0.2, -0.15) is 0 Å². The van der Waals surface area contributed by atoms with Crippen LogP contribution >= 0.6 is 0 Å². The fourth-order valence-electron chi connectivity index (χ4n) is 10.9. The van der Waals surface area contributed by atoms with E-state index in [0.717, 1.165) is 66.9 Å². The van der Waals surface area contributed by atoms with Crippen LogP contribution in [0, 0.1) is 18.2 Å². The third-order valence-corrected chi connectivity index (χ3v) is 14.5. The van der Waals surface area contributed by atoms with Crippen molar-refractivity contribution in [2.75, 3.05) is 0 Å². The van der Waals surface area contributed by atoms with Gasteiger partial charge in [-0.05, 0) is 120 Å².